The fraction of sp³-hybridized carbons (Fsp3) is 0. The Morgan fingerprint density at radius 2 is 1.48 bits per heavy atom. The number of nitrogens with two attached hydrogens (primary N) is 1. The van der Waals surface area contributed by atoms with Gasteiger partial charge in [0.1, 0.15) is 17.2 Å². The smallest absolute Gasteiger partial charge is 0.412 e. The van der Waals surface area contributed by atoms with Gasteiger partial charge in [-0.3, -0.25) is 0 Å². The largest absolute Gasteiger partial charge is 0.457 e. The second-order valence-electron chi connectivity index (χ2n) is 5.06. The van der Waals surface area contributed by atoms with Gasteiger partial charge in [0.05, 0.1) is 5.69 Å². The number of rotatable bonds is 4. The standard InChI is InChI=1S/C19H14N2O4/c20-19(23)25-18(22)17-8-4-7-16(21-17)13-9-11-15(12-10-13)24-14-5-2-1-3-6-14/h1-12H,(H2,20,23). The zero-order valence-electron chi connectivity index (χ0n) is 13.1. The van der Waals surface area contributed by atoms with Gasteiger partial charge in [-0.05, 0) is 48.5 Å². The monoisotopic (exact) mass is 334 g/mol. The molecule has 124 valence electrons. The molecule has 0 aliphatic carbocycles. The molecule has 2 N–H and O–H groups in total. The van der Waals surface area contributed by atoms with Crippen molar-refractivity contribution in [1.29, 1.82) is 0 Å². The number of amides is 1. The summed E-state index contributed by atoms with van der Waals surface area (Å²) >= 11 is 0. The molecule has 0 radical (unpaired) electrons. The maximum atomic E-state index is 11.7. The fourth-order valence-electron chi connectivity index (χ4n) is 2.17. The third kappa shape index (κ3) is 4.20. The summed E-state index contributed by atoms with van der Waals surface area (Å²) in [6, 6.07) is 21.5. The van der Waals surface area contributed by atoms with Crippen molar-refractivity contribution in [3.8, 4) is 22.8 Å². The summed E-state index contributed by atoms with van der Waals surface area (Å²) in [6.07, 6.45) is -1.17. The Kier molecular flexibility index (Phi) is 4.71. The Hall–Kier alpha value is -3.67. The van der Waals surface area contributed by atoms with Crippen molar-refractivity contribution in [3.05, 3.63) is 78.5 Å². The molecule has 0 saturated carbocycles. The summed E-state index contributed by atoms with van der Waals surface area (Å²) in [6.45, 7) is 0. The molecule has 0 unspecified atom stereocenters. The van der Waals surface area contributed by atoms with Crippen LogP contribution in [-0.4, -0.2) is 17.0 Å². The third-order valence-corrected chi connectivity index (χ3v) is 3.28. The molecule has 1 aromatic heterocycles. The maximum absolute atomic E-state index is 11.7. The molecule has 3 aromatic rings. The van der Waals surface area contributed by atoms with E-state index < -0.39 is 12.1 Å². The Labute approximate surface area is 143 Å². The average Bonchev–Trinajstić information content (AvgIpc) is 2.63. The van der Waals surface area contributed by atoms with Gasteiger partial charge in [-0.2, -0.15) is 0 Å². The molecule has 0 spiro atoms. The van der Waals surface area contributed by atoms with Crippen molar-refractivity contribution in [1.82, 2.24) is 4.98 Å². The van der Waals surface area contributed by atoms with Gasteiger partial charge in [-0.25, -0.2) is 14.6 Å². The van der Waals surface area contributed by atoms with Crippen molar-refractivity contribution in [2.75, 3.05) is 0 Å². The highest BCUT2D eigenvalue weighted by Gasteiger charge is 2.13. The first-order chi connectivity index (χ1) is 12.1. The molecular formula is C19H14N2O4. The minimum absolute atomic E-state index is 0.000845. The number of hydrogen-bond donors (Lipinski definition) is 1. The van der Waals surface area contributed by atoms with Crippen molar-refractivity contribution in [2.45, 2.75) is 0 Å². The van der Waals surface area contributed by atoms with Crippen LogP contribution in [0.3, 0.4) is 0 Å². The number of carbonyl (C=O) groups excluding carboxylic acids is 2. The van der Waals surface area contributed by atoms with Crippen LogP contribution in [0, 0.1) is 0 Å². The van der Waals surface area contributed by atoms with Crippen LogP contribution >= 0.6 is 0 Å². The van der Waals surface area contributed by atoms with E-state index in [2.05, 4.69) is 9.72 Å². The van der Waals surface area contributed by atoms with Gasteiger partial charge in [0.2, 0.25) is 0 Å². The first-order valence-corrected chi connectivity index (χ1v) is 7.44. The maximum Gasteiger partial charge on any atom is 0.412 e. The van der Waals surface area contributed by atoms with Crippen LogP contribution in [-0.2, 0) is 4.74 Å². The highest BCUT2D eigenvalue weighted by Crippen LogP contribution is 2.25. The molecular weight excluding hydrogens is 320 g/mol. The van der Waals surface area contributed by atoms with Crippen LogP contribution in [0.15, 0.2) is 72.8 Å². The van der Waals surface area contributed by atoms with Gasteiger partial charge in [0.15, 0.2) is 0 Å². The van der Waals surface area contributed by atoms with E-state index in [0.717, 1.165) is 11.3 Å². The van der Waals surface area contributed by atoms with Crippen molar-refractivity contribution < 1.29 is 19.1 Å². The molecule has 0 aliphatic heterocycles. The van der Waals surface area contributed by atoms with E-state index in [1.165, 1.54) is 6.07 Å². The number of primary amides is 1. The van der Waals surface area contributed by atoms with Gasteiger partial charge in [-0.15, -0.1) is 0 Å². The predicted molar refractivity (Wildman–Crippen MR) is 91.2 cm³/mol. The second kappa shape index (κ2) is 7.27. The molecule has 0 bridgehead atoms. The molecule has 6 nitrogen and oxygen atoms in total. The first-order valence-electron chi connectivity index (χ1n) is 7.44. The molecule has 1 amide bonds. The van der Waals surface area contributed by atoms with Crippen LogP contribution in [0.4, 0.5) is 4.79 Å². The number of pyridine rings is 1. The molecule has 6 heteroatoms. The molecule has 2 aromatic carbocycles. The van der Waals surface area contributed by atoms with Gasteiger partial charge in [-0.1, -0.05) is 24.3 Å². The van der Waals surface area contributed by atoms with E-state index >= 15 is 0 Å². The minimum atomic E-state index is -1.17. The number of para-hydroxylation sites is 1. The van der Waals surface area contributed by atoms with Gasteiger partial charge >= 0.3 is 12.1 Å². The highest BCUT2D eigenvalue weighted by atomic mass is 16.6. The van der Waals surface area contributed by atoms with Crippen LogP contribution in [0.2, 0.25) is 0 Å². The molecule has 0 saturated heterocycles. The SMILES string of the molecule is NC(=O)OC(=O)c1cccc(-c2ccc(Oc3ccccc3)cc2)n1. The summed E-state index contributed by atoms with van der Waals surface area (Å²) in [4.78, 5) is 26.5. The molecule has 0 aliphatic rings. The first kappa shape index (κ1) is 16.2. The number of carbonyl (C=O) groups is 2. The number of benzene rings is 2. The predicted octanol–water partition coefficient (Wildman–Crippen LogP) is 3.78. The quantitative estimate of drug-likeness (QED) is 0.579. The minimum Gasteiger partial charge on any atom is -0.457 e. The third-order valence-electron chi connectivity index (χ3n) is 3.28. The fourth-order valence-corrected chi connectivity index (χ4v) is 2.17. The van der Waals surface area contributed by atoms with Crippen LogP contribution in [0.25, 0.3) is 11.3 Å². The Morgan fingerprint density at radius 1 is 0.800 bits per heavy atom. The lowest BCUT2D eigenvalue weighted by Gasteiger charge is -2.07. The van der Waals surface area contributed by atoms with E-state index in [4.69, 9.17) is 10.5 Å². The topological polar surface area (TPSA) is 91.5 Å². The van der Waals surface area contributed by atoms with Gasteiger partial charge in [0, 0.05) is 5.56 Å². The number of esters is 1. The molecule has 0 fully saturated rings. The normalized spacial score (nSPS) is 10.1. The number of aromatic nitrogens is 1. The highest BCUT2D eigenvalue weighted by molar-refractivity contribution is 5.94. The van der Waals surface area contributed by atoms with E-state index in [1.54, 1.807) is 24.3 Å². The van der Waals surface area contributed by atoms with E-state index in [1.807, 2.05) is 42.5 Å². The van der Waals surface area contributed by atoms with Crippen LogP contribution in [0.1, 0.15) is 10.5 Å². The number of nitrogens with zero attached hydrogens (tertiary/aromatic N) is 1. The summed E-state index contributed by atoms with van der Waals surface area (Å²) < 4.78 is 10.1. The Bertz CT molecular complexity index is 893. The molecule has 3 rings (SSSR count). The number of ether oxygens (including phenoxy) is 2. The average molecular weight is 334 g/mol. The van der Waals surface area contributed by atoms with Crippen molar-refractivity contribution in [3.63, 3.8) is 0 Å². The lowest BCUT2D eigenvalue weighted by Crippen LogP contribution is -2.19. The zero-order valence-corrected chi connectivity index (χ0v) is 13.1. The van der Waals surface area contributed by atoms with Gasteiger partial charge < -0.3 is 15.2 Å². The number of hydrogen-bond acceptors (Lipinski definition) is 5. The second-order valence-corrected chi connectivity index (χ2v) is 5.06. The summed E-state index contributed by atoms with van der Waals surface area (Å²) in [7, 11) is 0. The molecule has 25 heavy (non-hydrogen) atoms. The lowest BCUT2D eigenvalue weighted by molar-refractivity contribution is 0.0632. The molecule has 0 atom stereocenters. The van der Waals surface area contributed by atoms with E-state index in [9.17, 15) is 9.59 Å². The van der Waals surface area contributed by atoms with Crippen LogP contribution < -0.4 is 10.5 Å². The summed E-state index contributed by atoms with van der Waals surface area (Å²) in [5, 5.41) is 0. The van der Waals surface area contributed by atoms with Crippen molar-refractivity contribution in [2.24, 2.45) is 5.73 Å². The van der Waals surface area contributed by atoms with Crippen molar-refractivity contribution >= 4 is 12.1 Å². The van der Waals surface area contributed by atoms with E-state index in [0.29, 0.717) is 11.4 Å². The lowest BCUT2D eigenvalue weighted by atomic mass is 10.1. The molecule has 1 heterocycles. The Balaban J connectivity index is 1.78. The summed E-state index contributed by atoms with van der Waals surface area (Å²) in [5.74, 6) is 0.530. The summed E-state index contributed by atoms with van der Waals surface area (Å²) in [5.41, 5.74) is 6.18. The van der Waals surface area contributed by atoms with Gasteiger partial charge in [0.25, 0.3) is 0 Å². The Morgan fingerprint density at radius 3 is 2.16 bits per heavy atom. The zero-order chi connectivity index (χ0) is 17.6. The van der Waals surface area contributed by atoms with E-state index in [-0.39, 0.29) is 5.69 Å². The van der Waals surface area contributed by atoms with Crippen LogP contribution in [0.5, 0.6) is 11.5 Å².